The summed E-state index contributed by atoms with van der Waals surface area (Å²) in [6, 6.07) is 21.8. The third-order valence-electron chi connectivity index (χ3n) is 5.46. The summed E-state index contributed by atoms with van der Waals surface area (Å²) in [6.07, 6.45) is 0. The topological polar surface area (TPSA) is 45.9 Å². The van der Waals surface area contributed by atoms with Crippen LogP contribution in [0.1, 0.15) is 21.9 Å². The maximum Gasteiger partial charge on any atom is 0.254 e. The number of carbonyl (C=O) groups excluding carboxylic acids is 1. The van der Waals surface area contributed by atoms with Gasteiger partial charge in [-0.1, -0.05) is 48.5 Å². The van der Waals surface area contributed by atoms with Gasteiger partial charge in [-0.25, -0.2) is 0 Å². The van der Waals surface area contributed by atoms with Gasteiger partial charge in [-0.3, -0.25) is 9.69 Å². The molecule has 0 saturated carbocycles. The van der Waals surface area contributed by atoms with Gasteiger partial charge in [0.15, 0.2) is 0 Å². The largest absolute Gasteiger partial charge is 0.464 e. The normalized spacial score (nSPS) is 14.6. The zero-order chi connectivity index (χ0) is 20.8. The fourth-order valence-electron chi connectivity index (χ4n) is 3.81. The number of benzene rings is 2. The molecular formula is C25H28N2O3. The summed E-state index contributed by atoms with van der Waals surface area (Å²) in [5, 5.41) is 0. The van der Waals surface area contributed by atoms with Crippen molar-refractivity contribution in [3.63, 3.8) is 0 Å². The summed E-state index contributed by atoms with van der Waals surface area (Å²) in [6.45, 7) is 7.16. The maximum atomic E-state index is 13.7. The van der Waals surface area contributed by atoms with Gasteiger partial charge in [0.2, 0.25) is 0 Å². The van der Waals surface area contributed by atoms with E-state index in [-0.39, 0.29) is 5.91 Å². The number of furan rings is 1. The second kappa shape index (κ2) is 9.74. The maximum absolute atomic E-state index is 13.7. The third-order valence-corrected chi connectivity index (χ3v) is 5.46. The van der Waals surface area contributed by atoms with Crippen LogP contribution in [0, 0.1) is 6.92 Å². The molecule has 2 heterocycles. The van der Waals surface area contributed by atoms with E-state index in [2.05, 4.69) is 4.90 Å². The number of nitrogens with zero attached hydrogens (tertiary/aromatic N) is 2. The lowest BCUT2D eigenvalue weighted by molar-refractivity contribution is 0.0316. The molecule has 0 atom stereocenters. The molecule has 1 saturated heterocycles. The fraction of sp³-hybridized carbons (Fsp3) is 0.320. The molecule has 4 rings (SSSR count). The molecule has 1 aliphatic heterocycles. The van der Waals surface area contributed by atoms with Crippen LogP contribution in [-0.2, 0) is 11.3 Å². The van der Waals surface area contributed by atoms with Crippen LogP contribution in [-0.4, -0.2) is 55.1 Å². The Balaban J connectivity index is 1.58. The number of carbonyl (C=O) groups is 1. The van der Waals surface area contributed by atoms with Gasteiger partial charge in [0, 0.05) is 31.7 Å². The van der Waals surface area contributed by atoms with Crippen molar-refractivity contribution in [3.05, 3.63) is 83.8 Å². The van der Waals surface area contributed by atoms with Crippen molar-refractivity contribution < 1.29 is 13.9 Å². The van der Waals surface area contributed by atoms with Crippen molar-refractivity contribution in [2.45, 2.75) is 13.5 Å². The first-order chi connectivity index (χ1) is 14.7. The summed E-state index contributed by atoms with van der Waals surface area (Å²) in [5.74, 6) is 1.69. The first-order valence-corrected chi connectivity index (χ1v) is 10.5. The Bertz CT molecular complexity index is 961. The summed E-state index contributed by atoms with van der Waals surface area (Å²) in [4.78, 5) is 17.9. The molecule has 0 spiro atoms. The van der Waals surface area contributed by atoms with E-state index in [0.717, 1.165) is 55.5 Å². The van der Waals surface area contributed by atoms with E-state index in [1.165, 1.54) is 0 Å². The number of rotatable bonds is 7. The fourth-order valence-corrected chi connectivity index (χ4v) is 3.81. The predicted molar refractivity (Wildman–Crippen MR) is 117 cm³/mol. The lowest BCUT2D eigenvalue weighted by Crippen LogP contribution is -2.43. The van der Waals surface area contributed by atoms with E-state index in [4.69, 9.17) is 9.15 Å². The van der Waals surface area contributed by atoms with Crippen molar-refractivity contribution in [1.82, 2.24) is 9.80 Å². The number of hydrogen-bond acceptors (Lipinski definition) is 4. The van der Waals surface area contributed by atoms with Gasteiger partial charge >= 0.3 is 0 Å². The van der Waals surface area contributed by atoms with Gasteiger partial charge < -0.3 is 14.1 Å². The Labute approximate surface area is 177 Å². The van der Waals surface area contributed by atoms with Gasteiger partial charge in [-0.15, -0.1) is 0 Å². The molecule has 5 heteroatoms. The molecule has 1 aromatic heterocycles. The minimum atomic E-state index is 0.0248. The molecular weight excluding hydrogens is 376 g/mol. The van der Waals surface area contributed by atoms with Crippen molar-refractivity contribution in [1.29, 1.82) is 0 Å². The average Bonchev–Trinajstić information content (AvgIpc) is 3.22. The van der Waals surface area contributed by atoms with Crippen LogP contribution >= 0.6 is 0 Å². The zero-order valence-electron chi connectivity index (χ0n) is 17.4. The Morgan fingerprint density at radius 1 is 0.967 bits per heavy atom. The number of ether oxygens (including phenoxy) is 1. The van der Waals surface area contributed by atoms with Crippen molar-refractivity contribution in [2.75, 3.05) is 39.4 Å². The Morgan fingerprint density at radius 3 is 2.43 bits per heavy atom. The van der Waals surface area contributed by atoms with Crippen molar-refractivity contribution in [2.24, 2.45) is 0 Å². The minimum absolute atomic E-state index is 0.0248. The van der Waals surface area contributed by atoms with Gasteiger partial charge in [0.25, 0.3) is 5.91 Å². The van der Waals surface area contributed by atoms with E-state index in [0.29, 0.717) is 18.7 Å². The van der Waals surface area contributed by atoms with E-state index < -0.39 is 0 Å². The number of hydrogen-bond donors (Lipinski definition) is 0. The van der Waals surface area contributed by atoms with Gasteiger partial charge in [0.1, 0.15) is 11.5 Å². The molecule has 1 fully saturated rings. The summed E-state index contributed by atoms with van der Waals surface area (Å²) in [7, 11) is 0. The quantitative estimate of drug-likeness (QED) is 0.591. The van der Waals surface area contributed by atoms with Crippen LogP contribution in [0.2, 0.25) is 0 Å². The highest BCUT2D eigenvalue weighted by atomic mass is 16.5. The second-order valence-electron chi connectivity index (χ2n) is 7.60. The van der Waals surface area contributed by atoms with E-state index >= 15 is 0 Å². The zero-order valence-corrected chi connectivity index (χ0v) is 17.4. The molecule has 0 unspecified atom stereocenters. The molecule has 1 amide bonds. The second-order valence-corrected chi connectivity index (χ2v) is 7.60. The monoisotopic (exact) mass is 404 g/mol. The lowest BCUT2D eigenvalue weighted by Gasteiger charge is -2.30. The van der Waals surface area contributed by atoms with Crippen LogP contribution in [0.25, 0.3) is 11.1 Å². The van der Waals surface area contributed by atoms with E-state index in [1.54, 1.807) is 0 Å². The Morgan fingerprint density at radius 2 is 1.70 bits per heavy atom. The highest BCUT2D eigenvalue weighted by molar-refractivity contribution is 6.00. The van der Waals surface area contributed by atoms with Gasteiger partial charge in [0.05, 0.1) is 19.8 Å². The minimum Gasteiger partial charge on any atom is -0.464 e. The third kappa shape index (κ3) is 4.99. The van der Waals surface area contributed by atoms with Crippen LogP contribution in [0.4, 0.5) is 0 Å². The highest BCUT2D eigenvalue weighted by Gasteiger charge is 2.22. The van der Waals surface area contributed by atoms with Crippen LogP contribution < -0.4 is 0 Å². The number of amides is 1. The molecule has 2 aromatic carbocycles. The first-order valence-electron chi connectivity index (χ1n) is 10.5. The Hall–Kier alpha value is -2.89. The predicted octanol–water partition coefficient (Wildman–Crippen LogP) is 4.23. The van der Waals surface area contributed by atoms with Crippen LogP contribution in [0.3, 0.4) is 0 Å². The average molecular weight is 405 g/mol. The molecule has 0 aliphatic carbocycles. The van der Waals surface area contributed by atoms with Crippen molar-refractivity contribution in [3.8, 4) is 11.1 Å². The smallest absolute Gasteiger partial charge is 0.254 e. The number of morpholine rings is 1. The molecule has 30 heavy (non-hydrogen) atoms. The van der Waals surface area contributed by atoms with Gasteiger partial charge in [-0.2, -0.15) is 0 Å². The van der Waals surface area contributed by atoms with E-state index in [1.807, 2.05) is 78.6 Å². The SMILES string of the molecule is Cc1ccc(CN(CCN2CCOCC2)C(=O)c2ccccc2-c2ccccc2)o1. The standard InChI is InChI=1S/C25H28N2O3/c1-20-11-12-22(30-20)19-27(14-13-26-15-17-29-18-16-26)25(28)24-10-6-5-9-23(24)21-7-3-2-4-8-21/h2-12H,13-19H2,1H3. The van der Waals surface area contributed by atoms with Crippen LogP contribution in [0.5, 0.6) is 0 Å². The molecule has 3 aromatic rings. The Kier molecular flexibility index (Phi) is 6.62. The molecule has 1 aliphatic rings. The number of aryl methyl sites for hydroxylation is 1. The summed E-state index contributed by atoms with van der Waals surface area (Å²) >= 11 is 0. The van der Waals surface area contributed by atoms with Crippen molar-refractivity contribution >= 4 is 5.91 Å². The van der Waals surface area contributed by atoms with Gasteiger partial charge in [-0.05, 0) is 36.2 Å². The molecule has 5 nitrogen and oxygen atoms in total. The first kappa shape index (κ1) is 20.4. The summed E-state index contributed by atoms with van der Waals surface area (Å²) in [5.41, 5.74) is 2.72. The van der Waals surface area contributed by atoms with E-state index in [9.17, 15) is 4.79 Å². The molecule has 156 valence electrons. The van der Waals surface area contributed by atoms with Crippen LogP contribution in [0.15, 0.2) is 71.1 Å². The highest BCUT2D eigenvalue weighted by Crippen LogP contribution is 2.25. The summed E-state index contributed by atoms with van der Waals surface area (Å²) < 4.78 is 11.2. The molecule has 0 radical (unpaired) electrons. The lowest BCUT2D eigenvalue weighted by atomic mass is 9.99. The molecule has 0 N–H and O–H groups in total. The molecule has 0 bridgehead atoms.